The van der Waals surface area contributed by atoms with Crippen molar-refractivity contribution in [1.29, 1.82) is 0 Å². The van der Waals surface area contributed by atoms with Gasteiger partial charge in [0, 0.05) is 26.2 Å². The van der Waals surface area contributed by atoms with Crippen molar-refractivity contribution < 1.29 is 14.6 Å². The van der Waals surface area contributed by atoms with Crippen LogP contribution in [-0.2, 0) is 6.54 Å². The van der Waals surface area contributed by atoms with Crippen LogP contribution >= 0.6 is 0 Å². The van der Waals surface area contributed by atoms with Crippen LogP contribution in [0.4, 0.5) is 0 Å². The third-order valence-electron chi connectivity index (χ3n) is 5.30. The molecule has 6 nitrogen and oxygen atoms in total. The summed E-state index contributed by atoms with van der Waals surface area (Å²) in [5.41, 5.74) is 1.23. The first kappa shape index (κ1) is 19.4. The second-order valence-electron chi connectivity index (χ2n) is 7.54. The van der Waals surface area contributed by atoms with E-state index in [1.54, 1.807) is 7.11 Å². The Kier molecular flexibility index (Phi) is 7.14. The van der Waals surface area contributed by atoms with Crippen molar-refractivity contribution in [3.05, 3.63) is 23.8 Å². The number of hydrogen-bond donors (Lipinski definition) is 1. The van der Waals surface area contributed by atoms with Gasteiger partial charge in [-0.2, -0.15) is 0 Å². The third kappa shape index (κ3) is 5.58. The summed E-state index contributed by atoms with van der Waals surface area (Å²) in [7, 11) is 3.81. The molecule has 1 atom stereocenters. The molecule has 1 aromatic rings. The van der Waals surface area contributed by atoms with Crippen LogP contribution in [0.2, 0.25) is 0 Å². The molecular formula is C20H33N3O3. The topological polar surface area (TPSA) is 48.4 Å². The molecule has 6 heteroatoms. The summed E-state index contributed by atoms with van der Waals surface area (Å²) in [6.07, 6.45) is 1.94. The van der Waals surface area contributed by atoms with Gasteiger partial charge < -0.3 is 19.5 Å². The van der Waals surface area contributed by atoms with Gasteiger partial charge in [0.2, 0.25) is 0 Å². The molecule has 2 fully saturated rings. The summed E-state index contributed by atoms with van der Waals surface area (Å²) < 4.78 is 11.3. The van der Waals surface area contributed by atoms with E-state index in [0.29, 0.717) is 6.54 Å². The standard InChI is InChI=1S/C20H33N3O3/c1-21-7-3-8-23(12-11-21)15-18(24)16-26-20-13-17(5-6-19(20)25-2)14-22-9-4-10-22/h5-6,13,18,24H,3-4,7-12,14-16H2,1-2H3. The molecule has 26 heavy (non-hydrogen) atoms. The fourth-order valence-electron chi connectivity index (χ4n) is 3.55. The highest BCUT2D eigenvalue weighted by Gasteiger charge is 2.18. The van der Waals surface area contributed by atoms with E-state index in [1.165, 1.54) is 25.1 Å². The zero-order valence-corrected chi connectivity index (χ0v) is 16.2. The summed E-state index contributed by atoms with van der Waals surface area (Å²) in [6.45, 7) is 8.46. The number of aliphatic hydroxyl groups is 1. The Morgan fingerprint density at radius 1 is 1.00 bits per heavy atom. The monoisotopic (exact) mass is 363 g/mol. The van der Waals surface area contributed by atoms with Crippen molar-refractivity contribution in [1.82, 2.24) is 14.7 Å². The molecule has 2 aliphatic heterocycles. The largest absolute Gasteiger partial charge is 0.493 e. The Morgan fingerprint density at radius 2 is 1.77 bits per heavy atom. The predicted molar refractivity (Wildman–Crippen MR) is 103 cm³/mol. The number of hydrogen-bond acceptors (Lipinski definition) is 6. The molecule has 146 valence electrons. The average Bonchev–Trinajstić information content (AvgIpc) is 2.81. The van der Waals surface area contributed by atoms with Crippen LogP contribution in [0.1, 0.15) is 18.4 Å². The van der Waals surface area contributed by atoms with E-state index in [-0.39, 0.29) is 6.61 Å². The van der Waals surface area contributed by atoms with E-state index >= 15 is 0 Å². The Hall–Kier alpha value is -1.34. The molecule has 0 spiro atoms. The number of nitrogens with zero attached hydrogens (tertiary/aromatic N) is 3. The molecule has 1 unspecified atom stereocenters. The number of benzene rings is 1. The highest BCUT2D eigenvalue weighted by molar-refractivity contribution is 5.43. The number of likely N-dealkylation sites (N-methyl/N-ethyl adjacent to an activating group) is 1. The summed E-state index contributed by atoms with van der Waals surface area (Å²) in [5.74, 6) is 1.45. The molecule has 1 N–H and O–H groups in total. The van der Waals surface area contributed by atoms with Gasteiger partial charge in [-0.3, -0.25) is 9.80 Å². The number of methoxy groups -OCH3 is 1. The van der Waals surface area contributed by atoms with Crippen molar-refractivity contribution in [2.75, 3.05) is 66.6 Å². The first-order chi connectivity index (χ1) is 12.6. The van der Waals surface area contributed by atoms with Crippen molar-refractivity contribution in [2.24, 2.45) is 0 Å². The van der Waals surface area contributed by atoms with E-state index in [4.69, 9.17) is 9.47 Å². The van der Waals surface area contributed by atoms with E-state index in [2.05, 4.69) is 27.8 Å². The minimum absolute atomic E-state index is 0.288. The Morgan fingerprint density at radius 3 is 2.50 bits per heavy atom. The maximum Gasteiger partial charge on any atom is 0.161 e. The quantitative estimate of drug-likeness (QED) is 0.751. The van der Waals surface area contributed by atoms with E-state index in [9.17, 15) is 5.11 Å². The average molecular weight is 364 g/mol. The Balaban J connectivity index is 1.51. The molecule has 2 heterocycles. The van der Waals surface area contributed by atoms with Crippen LogP contribution in [0.3, 0.4) is 0 Å². The Labute approximate surface area is 157 Å². The Bertz CT molecular complexity index is 565. The number of ether oxygens (including phenoxy) is 2. The zero-order valence-electron chi connectivity index (χ0n) is 16.2. The van der Waals surface area contributed by atoms with Crippen molar-refractivity contribution in [2.45, 2.75) is 25.5 Å². The van der Waals surface area contributed by atoms with Gasteiger partial charge in [0.25, 0.3) is 0 Å². The fraction of sp³-hybridized carbons (Fsp3) is 0.700. The first-order valence-corrected chi connectivity index (χ1v) is 9.75. The zero-order chi connectivity index (χ0) is 18.4. The predicted octanol–water partition coefficient (Wildman–Crippen LogP) is 1.28. The first-order valence-electron chi connectivity index (χ1n) is 9.75. The molecule has 0 radical (unpaired) electrons. The highest BCUT2D eigenvalue weighted by Crippen LogP contribution is 2.29. The lowest BCUT2D eigenvalue weighted by atomic mass is 10.1. The minimum Gasteiger partial charge on any atom is -0.493 e. The van der Waals surface area contributed by atoms with Crippen LogP contribution in [-0.4, -0.2) is 92.5 Å². The van der Waals surface area contributed by atoms with Crippen LogP contribution in [0.25, 0.3) is 0 Å². The molecule has 2 saturated heterocycles. The van der Waals surface area contributed by atoms with Crippen molar-refractivity contribution in [3.8, 4) is 11.5 Å². The molecular weight excluding hydrogens is 330 g/mol. The van der Waals surface area contributed by atoms with Crippen LogP contribution < -0.4 is 9.47 Å². The van der Waals surface area contributed by atoms with Gasteiger partial charge in [0.15, 0.2) is 11.5 Å². The van der Waals surface area contributed by atoms with E-state index < -0.39 is 6.10 Å². The second kappa shape index (κ2) is 9.55. The molecule has 0 bridgehead atoms. The maximum absolute atomic E-state index is 10.4. The lowest BCUT2D eigenvalue weighted by Crippen LogP contribution is -2.37. The van der Waals surface area contributed by atoms with Gasteiger partial charge in [-0.25, -0.2) is 0 Å². The second-order valence-corrected chi connectivity index (χ2v) is 7.54. The maximum atomic E-state index is 10.4. The summed E-state index contributed by atoms with van der Waals surface area (Å²) in [4.78, 5) is 7.09. The fourth-order valence-corrected chi connectivity index (χ4v) is 3.55. The molecule has 0 aromatic heterocycles. The van der Waals surface area contributed by atoms with Crippen molar-refractivity contribution in [3.63, 3.8) is 0 Å². The lowest BCUT2D eigenvalue weighted by molar-refractivity contribution is 0.0685. The van der Waals surface area contributed by atoms with Gasteiger partial charge >= 0.3 is 0 Å². The summed E-state index contributed by atoms with van der Waals surface area (Å²) >= 11 is 0. The number of aliphatic hydroxyl groups excluding tert-OH is 1. The molecule has 2 aliphatic rings. The SMILES string of the molecule is COc1ccc(CN2CCC2)cc1OCC(O)CN1CCCN(C)CC1. The van der Waals surface area contributed by atoms with E-state index in [0.717, 1.165) is 50.6 Å². The van der Waals surface area contributed by atoms with Crippen LogP contribution in [0.15, 0.2) is 18.2 Å². The number of β-amino-alcohol motifs (C(OH)–C–C–N with tert-alkyl or cyclic N) is 1. The molecule has 0 saturated carbocycles. The molecule has 0 aliphatic carbocycles. The number of rotatable bonds is 8. The molecule has 1 aromatic carbocycles. The minimum atomic E-state index is -0.498. The molecule has 0 amide bonds. The molecule has 3 rings (SSSR count). The van der Waals surface area contributed by atoms with Crippen LogP contribution in [0.5, 0.6) is 11.5 Å². The van der Waals surface area contributed by atoms with Gasteiger partial charge in [-0.15, -0.1) is 0 Å². The highest BCUT2D eigenvalue weighted by atomic mass is 16.5. The van der Waals surface area contributed by atoms with Gasteiger partial charge in [-0.1, -0.05) is 6.07 Å². The van der Waals surface area contributed by atoms with Gasteiger partial charge in [0.1, 0.15) is 12.7 Å². The normalized spacial score (nSPS) is 21.0. The lowest BCUT2D eigenvalue weighted by Gasteiger charge is -2.30. The van der Waals surface area contributed by atoms with E-state index in [1.807, 2.05) is 12.1 Å². The number of likely N-dealkylation sites (tertiary alicyclic amines) is 1. The smallest absolute Gasteiger partial charge is 0.161 e. The summed E-state index contributed by atoms with van der Waals surface area (Å²) in [5, 5.41) is 10.4. The third-order valence-corrected chi connectivity index (χ3v) is 5.30. The van der Waals surface area contributed by atoms with Gasteiger partial charge in [-0.05, 0) is 63.8 Å². The van der Waals surface area contributed by atoms with Gasteiger partial charge in [0.05, 0.1) is 7.11 Å². The van der Waals surface area contributed by atoms with Crippen molar-refractivity contribution >= 4 is 0 Å². The van der Waals surface area contributed by atoms with Crippen LogP contribution in [0, 0.1) is 0 Å². The summed E-state index contributed by atoms with van der Waals surface area (Å²) in [6, 6.07) is 6.10.